The number of aliphatic hydroxyl groups is 1. The first kappa shape index (κ1) is 33.4. The number of aromatic amines is 1. The van der Waals surface area contributed by atoms with E-state index < -0.39 is 17.5 Å². The second-order valence-electron chi connectivity index (χ2n) is 11.9. The van der Waals surface area contributed by atoms with Gasteiger partial charge in [0.25, 0.3) is 5.91 Å². The lowest BCUT2D eigenvalue weighted by Crippen LogP contribution is -2.65. The number of hydrogen-bond donors (Lipinski definition) is 5. The van der Waals surface area contributed by atoms with Crippen LogP contribution in [0.2, 0.25) is 0 Å². The number of likely N-dealkylation sites (tertiary alicyclic amines) is 1. The fourth-order valence-electron chi connectivity index (χ4n) is 6.08. The summed E-state index contributed by atoms with van der Waals surface area (Å²) >= 11 is 0. The molecule has 1 atom stereocenters. The molecule has 4 aromatic rings. The molecule has 2 heterocycles. The summed E-state index contributed by atoms with van der Waals surface area (Å²) in [6.45, 7) is 4.11. The molecule has 5 N–H and O–H groups in total. The maximum atomic E-state index is 13.2. The molecule has 47 heavy (non-hydrogen) atoms. The number of rotatable bonds is 14. The summed E-state index contributed by atoms with van der Waals surface area (Å²) in [6.07, 6.45) is 0.547. The molecule has 0 radical (unpaired) electrons. The molecular formula is C36H40N4O7. The van der Waals surface area contributed by atoms with Crippen LogP contribution >= 0.6 is 0 Å². The number of fused-ring (bicyclic) bond motifs is 1. The number of carboxylic acids is 1. The highest BCUT2D eigenvalue weighted by atomic mass is 16.4. The fraction of sp³-hybridized carbons (Fsp3) is 0.333. The Morgan fingerprint density at radius 1 is 1.00 bits per heavy atom. The Morgan fingerprint density at radius 3 is 2.40 bits per heavy atom. The van der Waals surface area contributed by atoms with E-state index in [1.165, 1.54) is 12.1 Å². The quantitative estimate of drug-likeness (QED) is 0.131. The summed E-state index contributed by atoms with van der Waals surface area (Å²) in [4.78, 5) is 55.6. The van der Waals surface area contributed by atoms with E-state index in [-0.39, 0.29) is 54.7 Å². The Balaban J connectivity index is 1.05. The molecule has 0 saturated carbocycles. The van der Waals surface area contributed by atoms with Crippen LogP contribution in [0.3, 0.4) is 0 Å². The van der Waals surface area contributed by atoms with Gasteiger partial charge < -0.3 is 35.4 Å². The molecule has 1 saturated heterocycles. The number of phenolic OH excluding ortho intramolecular Hbond substituents is 1. The van der Waals surface area contributed by atoms with Crippen LogP contribution in [-0.2, 0) is 21.4 Å². The van der Waals surface area contributed by atoms with Crippen molar-refractivity contribution in [2.45, 2.75) is 37.7 Å². The first-order chi connectivity index (χ1) is 22.6. The third-order valence-corrected chi connectivity index (χ3v) is 8.89. The number of hydrogen-bond acceptors (Lipinski definition) is 7. The minimum absolute atomic E-state index is 0.0627. The van der Waals surface area contributed by atoms with Gasteiger partial charge in [0.15, 0.2) is 0 Å². The normalized spacial score (nSPS) is 14.4. The number of benzene rings is 3. The maximum Gasteiger partial charge on any atom is 0.317 e. The number of aliphatic hydroxyl groups excluding tert-OH is 1. The summed E-state index contributed by atoms with van der Waals surface area (Å²) < 4.78 is 0. The number of aromatic hydroxyl groups is 1. The van der Waals surface area contributed by atoms with Gasteiger partial charge in [-0.15, -0.1) is 0 Å². The SMILES string of the molecule is CCN(CCCNC[C@H](O)c1ccc(O)c2[nH]c(=O)ccc12)C(=O)c1ccc(CCC(=O)N2CC(C(=O)O)(c3ccccc3)C2)cc1. The van der Waals surface area contributed by atoms with Crippen LogP contribution in [0.25, 0.3) is 10.9 Å². The maximum absolute atomic E-state index is 13.2. The highest BCUT2D eigenvalue weighted by Gasteiger charge is 2.52. The average molecular weight is 641 g/mol. The Bertz CT molecular complexity index is 1780. The first-order valence-corrected chi connectivity index (χ1v) is 15.8. The van der Waals surface area contributed by atoms with Gasteiger partial charge in [0.2, 0.25) is 11.5 Å². The van der Waals surface area contributed by atoms with E-state index in [4.69, 9.17) is 0 Å². The standard InChI is InChI=1S/C36H40N4O7/c1-2-39(20-6-19-37-21-30(42)27-14-16-29(41)33-28(27)15-17-31(43)38-33)34(45)25-12-9-24(10-13-25)11-18-32(44)40-22-36(23-40,35(46)47)26-7-4-3-5-8-26/h3-5,7-10,12-17,30,37,41-42H,2,6,11,18-23H2,1H3,(H,38,43)(H,46,47)/t30-/m0/s1. The molecule has 11 nitrogen and oxygen atoms in total. The van der Waals surface area contributed by atoms with Gasteiger partial charge in [-0.05, 0) is 67.3 Å². The second-order valence-corrected chi connectivity index (χ2v) is 11.9. The number of nitrogens with one attached hydrogen (secondary N) is 2. The van der Waals surface area contributed by atoms with Crippen LogP contribution in [0.1, 0.15) is 52.9 Å². The third kappa shape index (κ3) is 7.37. The zero-order valence-corrected chi connectivity index (χ0v) is 26.3. The summed E-state index contributed by atoms with van der Waals surface area (Å²) in [5, 5.41) is 34.4. The van der Waals surface area contributed by atoms with E-state index in [0.29, 0.717) is 54.6 Å². The highest BCUT2D eigenvalue weighted by molar-refractivity contribution is 5.94. The number of aryl methyl sites for hydroxylation is 1. The fourth-order valence-corrected chi connectivity index (χ4v) is 6.08. The first-order valence-electron chi connectivity index (χ1n) is 15.8. The molecule has 0 bridgehead atoms. The molecule has 3 aromatic carbocycles. The Kier molecular flexibility index (Phi) is 10.4. The molecule has 11 heteroatoms. The number of H-pyrrole nitrogens is 1. The van der Waals surface area contributed by atoms with Gasteiger partial charge in [0.1, 0.15) is 11.2 Å². The largest absolute Gasteiger partial charge is 0.506 e. The van der Waals surface area contributed by atoms with Gasteiger partial charge in [-0.1, -0.05) is 48.5 Å². The van der Waals surface area contributed by atoms with Gasteiger partial charge in [-0.3, -0.25) is 19.2 Å². The van der Waals surface area contributed by atoms with Crippen LogP contribution < -0.4 is 10.9 Å². The number of aliphatic carboxylic acids is 1. The summed E-state index contributed by atoms with van der Waals surface area (Å²) in [6, 6.07) is 22.3. The molecule has 5 rings (SSSR count). The molecular weight excluding hydrogens is 600 g/mol. The Hall–Kier alpha value is -5.00. The minimum Gasteiger partial charge on any atom is -0.506 e. The number of phenols is 1. The lowest BCUT2D eigenvalue weighted by Gasteiger charge is -2.47. The van der Waals surface area contributed by atoms with Gasteiger partial charge in [0.05, 0.1) is 11.6 Å². The van der Waals surface area contributed by atoms with E-state index in [0.717, 1.165) is 5.56 Å². The van der Waals surface area contributed by atoms with E-state index in [2.05, 4.69) is 10.3 Å². The number of carbonyl (C=O) groups excluding carboxylic acids is 2. The zero-order valence-electron chi connectivity index (χ0n) is 26.3. The predicted octanol–water partition coefficient (Wildman–Crippen LogP) is 3.21. The van der Waals surface area contributed by atoms with Gasteiger partial charge in [-0.2, -0.15) is 0 Å². The highest BCUT2D eigenvalue weighted by Crippen LogP contribution is 2.35. The van der Waals surface area contributed by atoms with Crippen molar-refractivity contribution >= 4 is 28.7 Å². The van der Waals surface area contributed by atoms with Crippen molar-refractivity contribution < 1.29 is 29.7 Å². The van der Waals surface area contributed by atoms with E-state index in [1.54, 1.807) is 58.3 Å². The molecule has 0 aliphatic carbocycles. The number of carboxylic acid groups (broad SMARTS) is 1. The van der Waals surface area contributed by atoms with Crippen LogP contribution in [0.5, 0.6) is 5.75 Å². The van der Waals surface area contributed by atoms with E-state index >= 15 is 0 Å². The molecule has 1 aliphatic rings. The summed E-state index contributed by atoms with van der Waals surface area (Å²) in [5.41, 5.74) is 1.65. The van der Waals surface area contributed by atoms with Crippen LogP contribution in [0, 0.1) is 0 Å². The Labute approximate surface area is 272 Å². The number of carbonyl (C=O) groups is 3. The lowest BCUT2D eigenvalue weighted by molar-refractivity contribution is -0.156. The molecule has 0 spiro atoms. The van der Waals surface area contributed by atoms with Crippen molar-refractivity contribution in [3.63, 3.8) is 0 Å². The minimum atomic E-state index is -1.06. The van der Waals surface area contributed by atoms with E-state index in [9.17, 15) is 34.5 Å². The summed E-state index contributed by atoms with van der Waals surface area (Å²) in [7, 11) is 0. The predicted molar refractivity (Wildman–Crippen MR) is 177 cm³/mol. The molecule has 1 aliphatic heterocycles. The molecule has 246 valence electrons. The number of nitrogens with zero attached hydrogens (tertiary/aromatic N) is 2. The summed E-state index contributed by atoms with van der Waals surface area (Å²) in [5.74, 6) is -1.17. The third-order valence-electron chi connectivity index (χ3n) is 8.89. The van der Waals surface area contributed by atoms with Crippen molar-refractivity contribution in [2.75, 3.05) is 39.3 Å². The molecule has 1 fully saturated rings. The zero-order chi connectivity index (χ0) is 33.6. The number of aromatic nitrogens is 1. The molecule has 0 unspecified atom stereocenters. The van der Waals surface area contributed by atoms with Crippen LogP contribution in [-0.4, -0.2) is 87.2 Å². The topological polar surface area (TPSA) is 163 Å². The molecule has 2 amide bonds. The van der Waals surface area contributed by atoms with Crippen molar-refractivity contribution in [2.24, 2.45) is 0 Å². The number of pyridine rings is 1. The van der Waals surface area contributed by atoms with Crippen molar-refractivity contribution in [3.05, 3.63) is 111 Å². The van der Waals surface area contributed by atoms with Crippen LogP contribution in [0.4, 0.5) is 0 Å². The number of amides is 2. The second kappa shape index (κ2) is 14.6. The lowest BCUT2D eigenvalue weighted by atomic mass is 9.73. The van der Waals surface area contributed by atoms with Gasteiger partial charge in [-0.25, -0.2) is 0 Å². The monoisotopic (exact) mass is 640 g/mol. The van der Waals surface area contributed by atoms with Crippen molar-refractivity contribution in [1.82, 2.24) is 20.1 Å². The Morgan fingerprint density at radius 2 is 1.72 bits per heavy atom. The van der Waals surface area contributed by atoms with Crippen molar-refractivity contribution in [3.8, 4) is 5.75 Å². The van der Waals surface area contributed by atoms with Gasteiger partial charge in [0, 0.05) is 56.2 Å². The van der Waals surface area contributed by atoms with E-state index in [1.807, 2.05) is 25.1 Å². The molecule has 1 aromatic heterocycles. The van der Waals surface area contributed by atoms with Crippen molar-refractivity contribution in [1.29, 1.82) is 0 Å². The average Bonchev–Trinajstić information content (AvgIpc) is 3.05. The smallest absolute Gasteiger partial charge is 0.317 e. The van der Waals surface area contributed by atoms with Crippen LogP contribution in [0.15, 0.2) is 83.7 Å². The van der Waals surface area contributed by atoms with Gasteiger partial charge >= 0.3 is 5.97 Å².